The van der Waals surface area contributed by atoms with Crippen LogP contribution < -0.4 is 4.90 Å². The van der Waals surface area contributed by atoms with Gasteiger partial charge in [0.1, 0.15) is 5.52 Å². The molecular weight excluding hydrogens is 308 g/mol. The highest BCUT2D eigenvalue weighted by Crippen LogP contribution is 2.47. The van der Waals surface area contributed by atoms with E-state index < -0.39 is 0 Å². The summed E-state index contributed by atoms with van der Waals surface area (Å²) in [6.07, 6.45) is 3.62. The van der Waals surface area contributed by atoms with Crippen LogP contribution >= 0.6 is 0 Å². The van der Waals surface area contributed by atoms with Crippen molar-refractivity contribution >= 4 is 16.7 Å². The molecule has 0 aliphatic carbocycles. The summed E-state index contributed by atoms with van der Waals surface area (Å²) in [6.45, 7) is 5.89. The van der Waals surface area contributed by atoms with Crippen LogP contribution in [0.5, 0.6) is 0 Å². The van der Waals surface area contributed by atoms with E-state index in [0.717, 1.165) is 17.5 Å². The van der Waals surface area contributed by atoms with E-state index in [1.807, 2.05) is 6.07 Å². The van der Waals surface area contributed by atoms with Crippen molar-refractivity contribution in [1.82, 2.24) is 15.0 Å². The topological polar surface area (TPSA) is 34.0 Å². The molecule has 4 nitrogen and oxygen atoms in total. The minimum absolute atomic E-state index is 0.252. The van der Waals surface area contributed by atoms with Crippen LogP contribution in [0.2, 0.25) is 0 Å². The van der Waals surface area contributed by atoms with Crippen LogP contribution in [0.25, 0.3) is 11.0 Å². The average molecular weight is 332 g/mol. The summed E-state index contributed by atoms with van der Waals surface area (Å²) in [7, 11) is 0. The number of para-hydroxylation sites is 2. The Morgan fingerprint density at radius 3 is 2.88 bits per heavy atom. The van der Waals surface area contributed by atoms with E-state index in [1.165, 1.54) is 36.2 Å². The highest BCUT2D eigenvalue weighted by Gasteiger charge is 2.41. The first-order chi connectivity index (χ1) is 12.3. The van der Waals surface area contributed by atoms with E-state index in [-0.39, 0.29) is 6.04 Å². The lowest BCUT2D eigenvalue weighted by Gasteiger charge is -2.49. The van der Waals surface area contributed by atoms with Gasteiger partial charge in [0.05, 0.1) is 11.6 Å². The van der Waals surface area contributed by atoms with Crippen LogP contribution in [0.4, 0.5) is 5.69 Å². The lowest BCUT2D eigenvalue weighted by Crippen LogP contribution is -2.49. The van der Waals surface area contributed by atoms with Gasteiger partial charge < -0.3 is 4.90 Å². The summed E-state index contributed by atoms with van der Waals surface area (Å²) in [5.41, 5.74) is 6.52. The number of fused-ring (bicyclic) bond motifs is 1. The molecule has 25 heavy (non-hydrogen) atoms. The van der Waals surface area contributed by atoms with E-state index in [1.54, 1.807) is 0 Å². The van der Waals surface area contributed by atoms with Crippen molar-refractivity contribution < 1.29 is 0 Å². The van der Waals surface area contributed by atoms with Gasteiger partial charge in [-0.05, 0) is 37.0 Å². The Bertz CT molecular complexity index is 929. The summed E-state index contributed by atoms with van der Waals surface area (Å²) in [5.74, 6) is 0.496. The fraction of sp³-hybridized carbons (Fsp3) is 0.429. The van der Waals surface area contributed by atoms with E-state index in [2.05, 4.69) is 70.1 Å². The number of nitrogens with zero attached hydrogens (tertiary/aromatic N) is 4. The van der Waals surface area contributed by atoms with Crippen LogP contribution in [0.3, 0.4) is 0 Å². The van der Waals surface area contributed by atoms with Crippen LogP contribution in [0, 0.1) is 5.92 Å². The van der Waals surface area contributed by atoms with Gasteiger partial charge >= 0.3 is 0 Å². The van der Waals surface area contributed by atoms with Crippen molar-refractivity contribution in [3.63, 3.8) is 0 Å². The molecule has 128 valence electrons. The minimum Gasteiger partial charge on any atom is -0.368 e. The zero-order valence-electron chi connectivity index (χ0n) is 14.9. The number of rotatable bonds is 2. The second-order valence-electron chi connectivity index (χ2n) is 7.45. The molecule has 3 aromatic rings. The van der Waals surface area contributed by atoms with Gasteiger partial charge in [0, 0.05) is 29.8 Å². The first kappa shape index (κ1) is 14.9. The molecule has 0 fully saturated rings. The van der Waals surface area contributed by atoms with Gasteiger partial charge in [0.25, 0.3) is 0 Å². The number of aromatic nitrogens is 3. The molecule has 3 heterocycles. The predicted octanol–water partition coefficient (Wildman–Crippen LogP) is 4.20. The maximum Gasteiger partial charge on any atom is 0.113 e. The summed E-state index contributed by atoms with van der Waals surface area (Å²) in [4.78, 5) is 2.68. The molecule has 4 heteroatoms. The fourth-order valence-corrected chi connectivity index (χ4v) is 5.10. The molecule has 5 rings (SSSR count). The second kappa shape index (κ2) is 5.58. The molecule has 0 N–H and O–H groups in total. The maximum absolute atomic E-state index is 4.58. The number of aryl methyl sites for hydroxylation is 1. The second-order valence-corrected chi connectivity index (χ2v) is 7.45. The Hall–Kier alpha value is -2.36. The average Bonchev–Trinajstić information content (AvgIpc) is 3.06. The van der Waals surface area contributed by atoms with Crippen LogP contribution in [0.15, 0.2) is 42.5 Å². The zero-order chi connectivity index (χ0) is 17.0. The van der Waals surface area contributed by atoms with Crippen molar-refractivity contribution in [2.45, 2.75) is 45.2 Å². The molecule has 0 amide bonds. The highest BCUT2D eigenvalue weighted by atomic mass is 15.4. The molecular formula is C21H24N4. The molecule has 0 spiro atoms. The van der Waals surface area contributed by atoms with E-state index in [4.69, 9.17) is 0 Å². The van der Waals surface area contributed by atoms with Crippen molar-refractivity contribution in [3.8, 4) is 0 Å². The van der Waals surface area contributed by atoms with Crippen LogP contribution in [-0.2, 0) is 6.42 Å². The molecule has 1 aromatic heterocycles. The Morgan fingerprint density at radius 1 is 1.12 bits per heavy atom. The van der Waals surface area contributed by atoms with Crippen molar-refractivity contribution in [1.29, 1.82) is 0 Å². The number of anilines is 1. The van der Waals surface area contributed by atoms with Gasteiger partial charge in [-0.2, -0.15) is 0 Å². The molecule has 0 bridgehead atoms. The summed E-state index contributed by atoms with van der Waals surface area (Å²) in [5, 5.41) is 9.01. The SMILES string of the molecule is CC[C@@H]1[C@@H](C)[C@@H](n2nnc3ccccc32)c2cccc3c2N1CCC3. The smallest absolute Gasteiger partial charge is 0.113 e. The zero-order valence-corrected chi connectivity index (χ0v) is 14.9. The molecule has 0 unspecified atom stereocenters. The van der Waals surface area contributed by atoms with Crippen molar-refractivity contribution in [2.75, 3.05) is 11.4 Å². The molecule has 0 saturated carbocycles. The van der Waals surface area contributed by atoms with Crippen molar-refractivity contribution in [2.24, 2.45) is 5.92 Å². The lowest BCUT2D eigenvalue weighted by atomic mass is 9.78. The number of benzene rings is 2. The molecule has 0 saturated heterocycles. The molecule has 2 aromatic carbocycles. The third-order valence-corrected chi connectivity index (χ3v) is 6.17. The van der Waals surface area contributed by atoms with Gasteiger partial charge in [-0.3, -0.25) is 0 Å². The molecule has 0 radical (unpaired) electrons. The minimum atomic E-state index is 0.252. The highest BCUT2D eigenvalue weighted by molar-refractivity contribution is 5.75. The molecule has 2 aliphatic heterocycles. The van der Waals surface area contributed by atoms with Gasteiger partial charge in [-0.1, -0.05) is 49.4 Å². The van der Waals surface area contributed by atoms with Gasteiger partial charge in [-0.25, -0.2) is 4.68 Å². The van der Waals surface area contributed by atoms with Gasteiger partial charge in [0.15, 0.2) is 0 Å². The normalized spacial score (nSPS) is 25.2. The Labute approximate surface area is 148 Å². The maximum atomic E-state index is 4.58. The van der Waals surface area contributed by atoms with Gasteiger partial charge in [-0.15, -0.1) is 5.10 Å². The Balaban J connectivity index is 1.76. The number of hydrogen-bond acceptors (Lipinski definition) is 3. The molecule has 3 atom stereocenters. The first-order valence-electron chi connectivity index (χ1n) is 9.48. The Kier molecular flexibility index (Phi) is 3.34. The van der Waals surface area contributed by atoms with Gasteiger partial charge in [0.2, 0.25) is 0 Å². The third-order valence-electron chi connectivity index (χ3n) is 6.17. The predicted molar refractivity (Wildman–Crippen MR) is 101 cm³/mol. The molecule has 2 aliphatic rings. The summed E-state index contributed by atoms with van der Waals surface area (Å²) < 4.78 is 2.17. The third kappa shape index (κ3) is 2.06. The number of hydrogen-bond donors (Lipinski definition) is 0. The van der Waals surface area contributed by atoms with E-state index in [9.17, 15) is 0 Å². The first-order valence-corrected chi connectivity index (χ1v) is 9.48. The van der Waals surface area contributed by atoms with E-state index >= 15 is 0 Å². The monoisotopic (exact) mass is 332 g/mol. The standard InChI is InChI=1S/C21H24N4/c1-3-18-14(2)20(25-19-12-5-4-11-17(19)22-23-25)16-10-6-8-15-9-7-13-24(18)21(15)16/h4-6,8,10-12,14,18,20H,3,7,9,13H2,1-2H3/t14-,18-,20-/m1/s1. The van der Waals surface area contributed by atoms with E-state index in [0.29, 0.717) is 12.0 Å². The van der Waals surface area contributed by atoms with Crippen LogP contribution in [-0.4, -0.2) is 27.6 Å². The summed E-state index contributed by atoms with van der Waals surface area (Å²) >= 11 is 0. The van der Waals surface area contributed by atoms with Crippen LogP contribution in [0.1, 0.15) is 43.9 Å². The largest absolute Gasteiger partial charge is 0.368 e. The Morgan fingerprint density at radius 2 is 2.00 bits per heavy atom. The quantitative estimate of drug-likeness (QED) is 0.705. The lowest BCUT2D eigenvalue weighted by molar-refractivity contribution is 0.284. The summed E-state index contributed by atoms with van der Waals surface area (Å²) in [6, 6.07) is 16.0. The fourth-order valence-electron chi connectivity index (χ4n) is 5.10. The van der Waals surface area contributed by atoms with Crippen molar-refractivity contribution in [3.05, 3.63) is 53.6 Å².